The first-order valence-corrected chi connectivity index (χ1v) is 6.29. The van der Waals surface area contributed by atoms with Crippen molar-refractivity contribution in [2.75, 3.05) is 7.11 Å². The summed E-state index contributed by atoms with van der Waals surface area (Å²) >= 11 is 3.31. The van der Waals surface area contributed by atoms with Gasteiger partial charge in [-0.05, 0) is 11.1 Å². The predicted octanol–water partition coefficient (Wildman–Crippen LogP) is 1.54. The molecule has 0 aliphatic heterocycles. The summed E-state index contributed by atoms with van der Waals surface area (Å²) in [4.78, 5) is 11.0. The molecular formula is C12H15BrO4. The van der Waals surface area contributed by atoms with Gasteiger partial charge in [-0.3, -0.25) is 4.79 Å². The third-order valence-corrected chi connectivity index (χ3v) is 3.09. The number of methoxy groups -OCH3 is 1. The van der Waals surface area contributed by atoms with E-state index in [1.165, 1.54) is 7.11 Å². The van der Waals surface area contributed by atoms with Gasteiger partial charge < -0.3 is 14.9 Å². The molecule has 0 amide bonds. The van der Waals surface area contributed by atoms with Crippen molar-refractivity contribution in [3.63, 3.8) is 0 Å². The van der Waals surface area contributed by atoms with Crippen molar-refractivity contribution in [1.29, 1.82) is 0 Å². The number of aliphatic hydroxyl groups is 2. The van der Waals surface area contributed by atoms with Crippen LogP contribution in [0.4, 0.5) is 0 Å². The number of aliphatic hydroxyl groups excluding tert-OH is 2. The van der Waals surface area contributed by atoms with Crippen molar-refractivity contribution >= 4 is 21.9 Å². The van der Waals surface area contributed by atoms with Crippen LogP contribution in [0.15, 0.2) is 24.3 Å². The van der Waals surface area contributed by atoms with Crippen LogP contribution in [-0.4, -0.2) is 29.4 Å². The molecule has 0 fully saturated rings. The Morgan fingerprint density at radius 1 is 1.41 bits per heavy atom. The van der Waals surface area contributed by atoms with Crippen molar-refractivity contribution in [2.45, 2.75) is 24.0 Å². The smallest absolute Gasteiger partial charge is 0.308 e. The normalized spacial score (nSPS) is 14.1. The summed E-state index contributed by atoms with van der Waals surface area (Å²) in [5.74, 6) is -0.548. The second-order valence-corrected chi connectivity index (χ2v) is 4.19. The molecule has 0 radical (unpaired) electrons. The molecule has 0 heterocycles. The van der Waals surface area contributed by atoms with Gasteiger partial charge in [-0.25, -0.2) is 0 Å². The number of ether oxygens (including phenoxy) is 1. The van der Waals surface area contributed by atoms with E-state index in [9.17, 15) is 15.0 Å². The van der Waals surface area contributed by atoms with Gasteiger partial charge in [0.15, 0.2) is 0 Å². The molecule has 1 rings (SSSR count). The number of carbonyl (C=O) groups is 1. The molecule has 0 bridgehead atoms. The second-order valence-electron chi connectivity index (χ2n) is 3.62. The van der Waals surface area contributed by atoms with E-state index in [0.717, 1.165) is 5.56 Å². The third-order valence-electron chi connectivity index (χ3n) is 2.49. The Morgan fingerprint density at radius 2 is 2.06 bits per heavy atom. The average molecular weight is 303 g/mol. The quantitative estimate of drug-likeness (QED) is 0.639. The van der Waals surface area contributed by atoms with Gasteiger partial charge in [-0.1, -0.05) is 40.2 Å². The zero-order valence-electron chi connectivity index (χ0n) is 9.47. The maximum Gasteiger partial charge on any atom is 0.308 e. The SMILES string of the molecule is COC(=O)CC(O)C(O)c1ccccc1CBr. The predicted molar refractivity (Wildman–Crippen MR) is 66.7 cm³/mol. The van der Waals surface area contributed by atoms with Gasteiger partial charge in [0, 0.05) is 5.33 Å². The van der Waals surface area contributed by atoms with E-state index in [2.05, 4.69) is 20.7 Å². The van der Waals surface area contributed by atoms with E-state index in [1.807, 2.05) is 12.1 Å². The third kappa shape index (κ3) is 3.80. The molecule has 0 spiro atoms. The summed E-state index contributed by atoms with van der Waals surface area (Å²) in [6.45, 7) is 0. The largest absolute Gasteiger partial charge is 0.469 e. The van der Waals surface area contributed by atoms with Crippen LogP contribution in [0.3, 0.4) is 0 Å². The summed E-state index contributed by atoms with van der Waals surface area (Å²) < 4.78 is 4.44. The topological polar surface area (TPSA) is 66.8 Å². The standard InChI is InChI=1S/C12H15BrO4/c1-17-11(15)6-10(14)12(16)9-5-3-2-4-8(9)7-13/h2-5,10,12,14,16H,6-7H2,1H3. The summed E-state index contributed by atoms with van der Waals surface area (Å²) in [7, 11) is 1.24. The van der Waals surface area contributed by atoms with Gasteiger partial charge in [0.2, 0.25) is 0 Å². The van der Waals surface area contributed by atoms with Crippen LogP contribution >= 0.6 is 15.9 Å². The molecule has 2 unspecified atom stereocenters. The lowest BCUT2D eigenvalue weighted by molar-refractivity contribution is -0.144. The van der Waals surface area contributed by atoms with Gasteiger partial charge >= 0.3 is 5.97 Å². The molecule has 1 aromatic carbocycles. The summed E-state index contributed by atoms with van der Waals surface area (Å²) in [6, 6.07) is 7.19. The number of carbonyl (C=O) groups excluding carboxylic acids is 1. The van der Waals surface area contributed by atoms with E-state index in [4.69, 9.17) is 0 Å². The van der Waals surface area contributed by atoms with Crippen LogP contribution in [0.5, 0.6) is 0 Å². The van der Waals surface area contributed by atoms with Gasteiger partial charge in [-0.15, -0.1) is 0 Å². The molecule has 0 aromatic heterocycles. The number of halogens is 1. The number of benzene rings is 1. The minimum Gasteiger partial charge on any atom is -0.469 e. The second kappa shape index (κ2) is 6.74. The fourth-order valence-electron chi connectivity index (χ4n) is 1.52. The van der Waals surface area contributed by atoms with E-state index >= 15 is 0 Å². The van der Waals surface area contributed by atoms with Crippen molar-refractivity contribution < 1.29 is 19.7 Å². The molecule has 2 N–H and O–H groups in total. The lowest BCUT2D eigenvalue weighted by Gasteiger charge is -2.19. The molecule has 0 saturated heterocycles. The Bertz CT molecular complexity index is 381. The zero-order chi connectivity index (χ0) is 12.8. The van der Waals surface area contributed by atoms with Crippen molar-refractivity contribution in [3.05, 3.63) is 35.4 Å². The molecule has 17 heavy (non-hydrogen) atoms. The lowest BCUT2D eigenvalue weighted by Crippen LogP contribution is -2.23. The van der Waals surface area contributed by atoms with Crippen LogP contribution in [-0.2, 0) is 14.9 Å². The van der Waals surface area contributed by atoms with E-state index in [0.29, 0.717) is 10.9 Å². The van der Waals surface area contributed by atoms with Crippen molar-refractivity contribution in [1.82, 2.24) is 0 Å². The monoisotopic (exact) mass is 302 g/mol. The fraction of sp³-hybridized carbons (Fsp3) is 0.417. The fourth-order valence-corrected chi connectivity index (χ4v) is 2.03. The first-order valence-electron chi connectivity index (χ1n) is 5.16. The Hall–Kier alpha value is -0.910. The average Bonchev–Trinajstić information content (AvgIpc) is 2.37. The van der Waals surface area contributed by atoms with Crippen LogP contribution < -0.4 is 0 Å². The molecule has 94 valence electrons. The highest BCUT2D eigenvalue weighted by Crippen LogP contribution is 2.24. The summed E-state index contributed by atoms with van der Waals surface area (Å²) in [6.07, 6.45) is -2.49. The van der Waals surface area contributed by atoms with Crippen LogP contribution in [0, 0.1) is 0 Å². The highest BCUT2D eigenvalue weighted by atomic mass is 79.9. The molecule has 4 nitrogen and oxygen atoms in total. The summed E-state index contributed by atoms with van der Waals surface area (Å²) in [5, 5.41) is 20.3. The molecule has 0 saturated carbocycles. The van der Waals surface area contributed by atoms with Gasteiger partial charge in [0.05, 0.1) is 19.6 Å². The Morgan fingerprint density at radius 3 is 2.65 bits per heavy atom. The van der Waals surface area contributed by atoms with E-state index < -0.39 is 18.2 Å². The first-order chi connectivity index (χ1) is 8.10. The Labute approximate surface area is 108 Å². The number of hydrogen-bond acceptors (Lipinski definition) is 4. The Balaban J connectivity index is 2.80. The molecular weight excluding hydrogens is 288 g/mol. The maximum atomic E-state index is 11.0. The summed E-state index contributed by atoms with van der Waals surface area (Å²) in [5.41, 5.74) is 1.49. The minimum absolute atomic E-state index is 0.228. The van der Waals surface area contributed by atoms with Crippen LogP contribution in [0.2, 0.25) is 0 Å². The molecule has 0 aliphatic carbocycles. The highest BCUT2D eigenvalue weighted by molar-refractivity contribution is 9.08. The molecule has 1 aromatic rings. The number of esters is 1. The van der Waals surface area contributed by atoms with Crippen molar-refractivity contribution in [2.24, 2.45) is 0 Å². The molecule has 0 aliphatic rings. The van der Waals surface area contributed by atoms with Gasteiger partial charge in [0.1, 0.15) is 6.10 Å². The van der Waals surface area contributed by atoms with E-state index in [-0.39, 0.29) is 6.42 Å². The van der Waals surface area contributed by atoms with Gasteiger partial charge in [-0.2, -0.15) is 0 Å². The number of rotatable bonds is 5. The molecule has 5 heteroatoms. The maximum absolute atomic E-state index is 11.0. The first kappa shape index (κ1) is 14.2. The highest BCUT2D eigenvalue weighted by Gasteiger charge is 2.23. The van der Waals surface area contributed by atoms with Crippen LogP contribution in [0.1, 0.15) is 23.7 Å². The minimum atomic E-state index is -1.16. The zero-order valence-corrected chi connectivity index (χ0v) is 11.1. The molecule has 2 atom stereocenters. The lowest BCUT2D eigenvalue weighted by atomic mass is 9.98. The number of alkyl halides is 1. The number of hydrogen-bond donors (Lipinski definition) is 2. The van der Waals surface area contributed by atoms with Crippen molar-refractivity contribution in [3.8, 4) is 0 Å². The van der Waals surface area contributed by atoms with E-state index in [1.54, 1.807) is 12.1 Å². The van der Waals surface area contributed by atoms with Crippen LogP contribution in [0.25, 0.3) is 0 Å². The van der Waals surface area contributed by atoms with Gasteiger partial charge in [0.25, 0.3) is 0 Å². The Kier molecular flexibility index (Phi) is 5.61.